The van der Waals surface area contributed by atoms with Crippen LogP contribution in [0.2, 0.25) is 0 Å². The maximum atomic E-state index is 2.19. The summed E-state index contributed by atoms with van der Waals surface area (Å²) in [7, 11) is 0. The fourth-order valence-electron chi connectivity index (χ4n) is 2.02. The van der Waals surface area contributed by atoms with Crippen molar-refractivity contribution < 1.29 is 51.0 Å². The van der Waals surface area contributed by atoms with E-state index in [-0.39, 0.29) is 51.0 Å². The summed E-state index contributed by atoms with van der Waals surface area (Å²) in [5.41, 5.74) is 2.62. The molecule has 0 atom stereocenters. The van der Waals surface area contributed by atoms with Gasteiger partial charge in [0.2, 0.25) is 0 Å². The van der Waals surface area contributed by atoms with Crippen LogP contribution in [0.4, 0.5) is 0 Å². The molecule has 0 N–H and O–H groups in total. The average Bonchev–Trinajstić information content (AvgIpc) is 2.74. The Morgan fingerprint density at radius 3 is 2.06 bits per heavy atom. The van der Waals surface area contributed by atoms with Gasteiger partial charge in [-0.3, -0.25) is 0 Å². The first-order valence-corrected chi connectivity index (χ1v) is 5.15. The second-order valence-corrected chi connectivity index (χ2v) is 3.70. The molecule has 0 saturated heterocycles. The topological polar surface area (TPSA) is 0 Å². The summed E-state index contributed by atoms with van der Waals surface area (Å²) in [6.45, 7) is 0. The minimum absolute atomic E-state index is 0. The molecule has 0 saturated carbocycles. The van der Waals surface area contributed by atoms with Gasteiger partial charge in [-0.05, 0) is 0 Å². The molecule has 0 amide bonds. The molecule has 3 aromatic carbocycles. The van der Waals surface area contributed by atoms with E-state index in [0.29, 0.717) is 0 Å². The number of fused-ring (bicyclic) bond motifs is 1. The SMILES string of the molecule is [Cl-].[Cl-].[Zr+3].c1ccc(-c2c[cH-]c3ccccc23)cc1. The summed E-state index contributed by atoms with van der Waals surface area (Å²) in [6.07, 6.45) is 0. The van der Waals surface area contributed by atoms with E-state index in [0.717, 1.165) is 0 Å². The van der Waals surface area contributed by atoms with E-state index in [1.54, 1.807) is 0 Å². The smallest absolute Gasteiger partial charge is 1.00 e. The summed E-state index contributed by atoms with van der Waals surface area (Å²) in [6, 6.07) is 23.4. The predicted molar refractivity (Wildman–Crippen MR) is 65.0 cm³/mol. The maximum absolute atomic E-state index is 2.19. The minimum Gasteiger partial charge on any atom is -1.00 e. The van der Waals surface area contributed by atoms with Crippen LogP contribution in [0.5, 0.6) is 0 Å². The zero-order chi connectivity index (χ0) is 10.1. The molecule has 0 spiro atoms. The van der Waals surface area contributed by atoms with Crippen LogP contribution in [-0.2, 0) is 26.2 Å². The third-order valence-corrected chi connectivity index (χ3v) is 2.77. The maximum Gasteiger partial charge on any atom is 3.00 e. The largest absolute Gasteiger partial charge is 3.00 e. The fourth-order valence-corrected chi connectivity index (χ4v) is 2.02. The zero-order valence-electron chi connectivity index (χ0n) is 9.61. The molecule has 0 nitrogen and oxygen atoms in total. The summed E-state index contributed by atoms with van der Waals surface area (Å²) >= 11 is 0. The van der Waals surface area contributed by atoms with Gasteiger partial charge in [0.15, 0.2) is 0 Å². The zero-order valence-corrected chi connectivity index (χ0v) is 13.6. The normalized spacial score (nSPS) is 8.89. The minimum atomic E-state index is 0. The average molecular weight is 353 g/mol. The van der Waals surface area contributed by atoms with Crippen LogP contribution in [0.1, 0.15) is 0 Å². The van der Waals surface area contributed by atoms with Crippen molar-refractivity contribution in [2.24, 2.45) is 0 Å². The van der Waals surface area contributed by atoms with Crippen molar-refractivity contribution in [3.05, 3.63) is 66.7 Å². The van der Waals surface area contributed by atoms with E-state index >= 15 is 0 Å². The summed E-state index contributed by atoms with van der Waals surface area (Å²) < 4.78 is 0. The molecule has 89 valence electrons. The van der Waals surface area contributed by atoms with Gasteiger partial charge in [-0.25, -0.2) is 0 Å². The van der Waals surface area contributed by atoms with Gasteiger partial charge in [-0.2, -0.15) is 0 Å². The molecule has 18 heavy (non-hydrogen) atoms. The standard InChI is InChI=1S/C15H11.2ClH.Zr/c1-2-6-12(7-3-1)15-11-10-13-8-4-5-9-14(13)15;;;/h1-11H;2*1H;/q-1;;;+3/p-2. The molecule has 0 fully saturated rings. The van der Waals surface area contributed by atoms with E-state index in [1.807, 2.05) is 0 Å². The number of benzene rings is 2. The van der Waals surface area contributed by atoms with Gasteiger partial charge in [-0.15, -0.1) is 46.7 Å². The van der Waals surface area contributed by atoms with Gasteiger partial charge >= 0.3 is 26.2 Å². The van der Waals surface area contributed by atoms with Gasteiger partial charge in [0.25, 0.3) is 0 Å². The molecule has 3 rings (SSSR count). The first kappa shape index (κ1) is 17.5. The molecule has 0 aliphatic heterocycles. The first-order valence-electron chi connectivity index (χ1n) is 5.15. The van der Waals surface area contributed by atoms with Gasteiger partial charge in [0, 0.05) is 0 Å². The fraction of sp³-hybridized carbons (Fsp3) is 0. The number of hydrogen-bond acceptors (Lipinski definition) is 0. The van der Waals surface area contributed by atoms with Crippen molar-refractivity contribution in [1.82, 2.24) is 0 Å². The van der Waals surface area contributed by atoms with Crippen LogP contribution >= 0.6 is 0 Å². The Kier molecular flexibility index (Phi) is 7.63. The monoisotopic (exact) mass is 351 g/mol. The van der Waals surface area contributed by atoms with Crippen molar-refractivity contribution in [2.45, 2.75) is 0 Å². The summed E-state index contributed by atoms with van der Waals surface area (Å²) in [4.78, 5) is 0. The molecular weight excluding hydrogens is 342 g/mol. The van der Waals surface area contributed by atoms with Crippen LogP contribution in [0.3, 0.4) is 0 Å². The van der Waals surface area contributed by atoms with Crippen LogP contribution in [-0.4, -0.2) is 0 Å². The van der Waals surface area contributed by atoms with Gasteiger partial charge in [0.1, 0.15) is 0 Å². The molecule has 0 unspecified atom stereocenters. The Labute approximate surface area is 139 Å². The Morgan fingerprint density at radius 2 is 1.33 bits per heavy atom. The molecule has 0 heterocycles. The molecule has 1 radical (unpaired) electrons. The van der Waals surface area contributed by atoms with Crippen molar-refractivity contribution in [1.29, 1.82) is 0 Å². The van der Waals surface area contributed by atoms with Crippen LogP contribution in [0.15, 0.2) is 66.7 Å². The van der Waals surface area contributed by atoms with Crippen LogP contribution in [0, 0.1) is 0 Å². The van der Waals surface area contributed by atoms with E-state index < -0.39 is 0 Å². The summed E-state index contributed by atoms with van der Waals surface area (Å²) in [5.74, 6) is 0. The predicted octanol–water partition coefficient (Wildman–Crippen LogP) is -1.77. The van der Waals surface area contributed by atoms with Gasteiger partial charge < -0.3 is 24.8 Å². The van der Waals surface area contributed by atoms with Crippen molar-refractivity contribution in [2.75, 3.05) is 0 Å². The summed E-state index contributed by atoms with van der Waals surface area (Å²) in [5, 5.41) is 2.65. The van der Waals surface area contributed by atoms with E-state index in [2.05, 4.69) is 66.7 Å². The molecule has 3 heteroatoms. The molecule has 0 aliphatic rings. The first-order chi connectivity index (χ1) is 7.45. The second kappa shape index (κ2) is 7.84. The van der Waals surface area contributed by atoms with Crippen molar-refractivity contribution in [3.63, 3.8) is 0 Å². The number of rotatable bonds is 1. The van der Waals surface area contributed by atoms with Gasteiger partial charge in [0.05, 0.1) is 0 Å². The molecule has 0 aliphatic carbocycles. The third-order valence-electron chi connectivity index (χ3n) is 2.77. The van der Waals surface area contributed by atoms with Crippen molar-refractivity contribution >= 4 is 10.8 Å². The third kappa shape index (κ3) is 3.29. The quantitative estimate of drug-likeness (QED) is 0.455. The van der Waals surface area contributed by atoms with E-state index in [4.69, 9.17) is 0 Å². The number of hydrogen-bond donors (Lipinski definition) is 0. The van der Waals surface area contributed by atoms with Crippen LogP contribution in [0.25, 0.3) is 21.9 Å². The molecule has 0 bridgehead atoms. The van der Waals surface area contributed by atoms with Gasteiger partial charge in [-0.1, -0.05) is 42.0 Å². The Bertz CT molecular complexity index is 588. The Morgan fingerprint density at radius 1 is 0.722 bits per heavy atom. The number of halogens is 2. The van der Waals surface area contributed by atoms with E-state index in [1.165, 1.54) is 21.9 Å². The Balaban J connectivity index is 0.000000963. The van der Waals surface area contributed by atoms with Crippen molar-refractivity contribution in [3.8, 4) is 11.1 Å². The molecular formula is C15H11Cl2Zr. The van der Waals surface area contributed by atoms with Crippen LogP contribution < -0.4 is 24.8 Å². The Hall–Kier alpha value is -0.487. The second-order valence-electron chi connectivity index (χ2n) is 3.70. The van der Waals surface area contributed by atoms with E-state index in [9.17, 15) is 0 Å². The molecule has 0 aromatic heterocycles. The molecule has 3 aromatic rings.